The molecule has 0 bridgehead atoms. The Kier molecular flexibility index (Phi) is 8.54. The van der Waals surface area contributed by atoms with Gasteiger partial charge in [0, 0.05) is 12.4 Å². The second kappa shape index (κ2) is 10.1. The Morgan fingerprint density at radius 2 is 1.56 bits per heavy atom. The molecule has 1 heterocycles. The van der Waals surface area contributed by atoms with Gasteiger partial charge in [0.2, 0.25) is 0 Å². The van der Waals surface area contributed by atoms with E-state index < -0.39 is 0 Å². The molecule has 0 aromatic carbocycles. The van der Waals surface area contributed by atoms with E-state index in [0.29, 0.717) is 0 Å². The molecule has 0 aliphatic heterocycles. The third-order valence-electron chi connectivity index (χ3n) is 3.71. The first-order chi connectivity index (χ1) is 8.86. The zero-order chi connectivity index (χ0) is 13.1. The molecule has 0 spiro atoms. The van der Waals surface area contributed by atoms with Gasteiger partial charge in [-0.15, -0.1) is 0 Å². The van der Waals surface area contributed by atoms with Gasteiger partial charge in [0.15, 0.2) is 0 Å². The zero-order valence-corrected chi connectivity index (χ0v) is 12.2. The lowest BCUT2D eigenvalue weighted by Crippen LogP contribution is -2.05. The van der Waals surface area contributed by atoms with Crippen LogP contribution in [0.5, 0.6) is 0 Å². The molecule has 1 unspecified atom stereocenters. The van der Waals surface area contributed by atoms with E-state index in [0.717, 1.165) is 5.92 Å². The Hall–Kier alpha value is -0.850. The van der Waals surface area contributed by atoms with Crippen LogP contribution in [0.3, 0.4) is 0 Å². The maximum Gasteiger partial charge on any atom is 0.0270 e. The summed E-state index contributed by atoms with van der Waals surface area (Å²) < 4.78 is 0. The monoisotopic (exact) mass is 247 g/mol. The van der Waals surface area contributed by atoms with Crippen LogP contribution in [-0.2, 0) is 6.42 Å². The van der Waals surface area contributed by atoms with Crippen LogP contribution in [0.15, 0.2) is 24.5 Å². The molecule has 18 heavy (non-hydrogen) atoms. The third-order valence-corrected chi connectivity index (χ3v) is 3.71. The van der Waals surface area contributed by atoms with Crippen molar-refractivity contribution in [2.24, 2.45) is 5.92 Å². The van der Waals surface area contributed by atoms with Crippen LogP contribution in [0.4, 0.5) is 0 Å². The van der Waals surface area contributed by atoms with Crippen LogP contribution in [0.25, 0.3) is 0 Å². The highest BCUT2D eigenvalue weighted by molar-refractivity contribution is 5.10. The van der Waals surface area contributed by atoms with Crippen LogP contribution in [0.1, 0.15) is 70.8 Å². The average molecular weight is 247 g/mol. The van der Waals surface area contributed by atoms with E-state index in [-0.39, 0.29) is 0 Å². The van der Waals surface area contributed by atoms with Crippen molar-refractivity contribution in [3.8, 4) is 0 Å². The maximum absolute atomic E-state index is 4.10. The SMILES string of the molecule is CCCCCCC(CCCC)Cc1ccncc1. The molecule has 0 aliphatic rings. The van der Waals surface area contributed by atoms with E-state index in [2.05, 4.69) is 31.0 Å². The highest BCUT2D eigenvalue weighted by Gasteiger charge is 2.09. The summed E-state index contributed by atoms with van der Waals surface area (Å²) >= 11 is 0. The van der Waals surface area contributed by atoms with Crippen LogP contribution >= 0.6 is 0 Å². The van der Waals surface area contributed by atoms with Gasteiger partial charge in [-0.05, 0) is 30.0 Å². The van der Waals surface area contributed by atoms with E-state index in [4.69, 9.17) is 0 Å². The second-order valence-corrected chi connectivity index (χ2v) is 5.42. The van der Waals surface area contributed by atoms with Crippen molar-refractivity contribution in [1.82, 2.24) is 4.98 Å². The fourth-order valence-corrected chi connectivity index (χ4v) is 2.55. The molecular weight excluding hydrogens is 218 g/mol. The van der Waals surface area contributed by atoms with Crippen molar-refractivity contribution in [2.45, 2.75) is 71.6 Å². The zero-order valence-electron chi connectivity index (χ0n) is 12.2. The fourth-order valence-electron chi connectivity index (χ4n) is 2.55. The Labute approximate surface area is 113 Å². The smallest absolute Gasteiger partial charge is 0.0270 e. The molecule has 0 amide bonds. The first-order valence-electron chi connectivity index (χ1n) is 7.75. The summed E-state index contributed by atoms with van der Waals surface area (Å²) in [5.74, 6) is 0.879. The molecule has 1 heteroatoms. The lowest BCUT2D eigenvalue weighted by Gasteiger charge is -2.16. The molecule has 1 aromatic rings. The first-order valence-corrected chi connectivity index (χ1v) is 7.75. The van der Waals surface area contributed by atoms with Crippen LogP contribution in [0.2, 0.25) is 0 Å². The van der Waals surface area contributed by atoms with Gasteiger partial charge in [0.05, 0.1) is 0 Å². The normalized spacial score (nSPS) is 12.6. The molecule has 0 saturated carbocycles. The maximum atomic E-state index is 4.10. The van der Waals surface area contributed by atoms with Crippen molar-refractivity contribution < 1.29 is 0 Å². The predicted molar refractivity (Wildman–Crippen MR) is 79.7 cm³/mol. The Balaban J connectivity index is 2.35. The molecule has 0 aliphatic carbocycles. The van der Waals surface area contributed by atoms with E-state index in [9.17, 15) is 0 Å². The summed E-state index contributed by atoms with van der Waals surface area (Å²) in [6, 6.07) is 4.34. The standard InChI is InChI=1S/C17H29N/c1-3-5-7-8-10-16(9-6-4-2)15-17-11-13-18-14-12-17/h11-14,16H,3-10,15H2,1-2H3. The van der Waals surface area contributed by atoms with E-state index in [1.54, 1.807) is 0 Å². The van der Waals surface area contributed by atoms with Gasteiger partial charge < -0.3 is 0 Å². The third kappa shape index (κ3) is 6.78. The number of pyridine rings is 1. The van der Waals surface area contributed by atoms with Gasteiger partial charge in [0.25, 0.3) is 0 Å². The number of hydrogen-bond acceptors (Lipinski definition) is 1. The van der Waals surface area contributed by atoms with E-state index in [1.165, 1.54) is 63.4 Å². The van der Waals surface area contributed by atoms with Gasteiger partial charge in [-0.2, -0.15) is 0 Å². The summed E-state index contributed by atoms with van der Waals surface area (Å²) in [6.45, 7) is 4.58. The summed E-state index contributed by atoms with van der Waals surface area (Å²) in [7, 11) is 0. The topological polar surface area (TPSA) is 12.9 Å². The molecule has 0 radical (unpaired) electrons. The van der Waals surface area contributed by atoms with Crippen molar-refractivity contribution in [2.75, 3.05) is 0 Å². The van der Waals surface area contributed by atoms with Gasteiger partial charge in [-0.25, -0.2) is 0 Å². The largest absolute Gasteiger partial charge is 0.265 e. The van der Waals surface area contributed by atoms with Crippen LogP contribution in [-0.4, -0.2) is 4.98 Å². The minimum atomic E-state index is 0.879. The fraction of sp³-hybridized carbons (Fsp3) is 0.706. The predicted octanol–water partition coefficient (Wildman–Crippen LogP) is 5.40. The molecule has 1 aromatic heterocycles. The van der Waals surface area contributed by atoms with Crippen LogP contribution < -0.4 is 0 Å². The molecule has 1 atom stereocenters. The van der Waals surface area contributed by atoms with Crippen LogP contribution in [0, 0.1) is 5.92 Å². The minimum absolute atomic E-state index is 0.879. The molecule has 0 N–H and O–H groups in total. The number of unbranched alkanes of at least 4 members (excludes halogenated alkanes) is 4. The van der Waals surface area contributed by atoms with E-state index >= 15 is 0 Å². The summed E-state index contributed by atoms with van der Waals surface area (Å²) in [4.78, 5) is 4.10. The quantitative estimate of drug-likeness (QED) is 0.504. The molecule has 0 saturated heterocycles. The van der Waals surface area contributed by atoms with Gasteiger partial charge >= 0.3 is 0 Å². The molecule has 1 nitrogen and oxygen atoms in total. The molecular formula is C17H29N. The van der Waals surface area contributed by atoms with E-state index in [1.807, 2.05) is 12.4 Å². The number of nitrogens with zero attached hydrogens (tertiary/aromatic N) is 1. The van der Waals surface area contributed by atoms with Gasteiger partial charge in [-0.3, -0.25) is 4.98 Å². The van der Waals surface area contributed by atoms with Gasteiger partial charge in [0.1, 0.15) is 0 Å². The van der Waals surface area contributed by atoms with Crippen molar-refractivity contribution in [3.63, 3.8) is 0 Å². The average Bonchev–Trinajstić information content (AvgIpc) is 2.41. The number of hydrogen-bond donors (Lipinski definition) is 0. The number of aromatic nitrogens is 1. The first kappa shape index (κ1) is 15.2. The summed E-state index contributed by atoms with van der Waals surface area (Å²) in [5.41, 5.74) is 1.46. The summed E-state index contributed by atoms with van der Waals surface area (Å²) in [6.07, 6.45) is 16.1. The molecule has 102 valence electrons. The summed E-state index contributed by atoms with van der Waals surface area (Å²) in [5, 5.41) is 0. The Morgan fingerprint density at radius 1 is 0.889 bits per heavy atom. The highest BCUT2D eigenvalue weighted by Crippen LogP contribution is 2.21. The molecule has 0 fully saturated rings. The Bertz CT molecular complexity index is 281. The van der Waals surface area contributed by atoms with Crippen molar-refractivity contribution in [3.05, 3.63) is 30.1 Å². The van der Waals surface area contributed by atoms with Crippen molar-refractivity contribution in [1.29, 1.82) is 0 Å². The van der Waals surface area contributed by atoms with Gasteiger partial charge in [-0.1, -0.05) is 65.2 Å². The second-order valence-electron chi connectivity index (χ2n) is 5.42. The van der Waals surface area contributed by atoms with Crippen molar-refractivity contribution >= 4 is 0 Å². The Morgan fingerprint density at radius 3 is 2.22 bits per heavy atom. The highest BCUT2D eigenvalue weighted by atomic mass is 14.6. The lowest BCUT2D eigenvalue weighted by atomic mass is 9.89. The lowest BCUT2D eigenvalue weighted by molar-refractivity contribution is 0.410. The molecule has 1 rings (SSSR count). The number of rotatable bonds is 10. The minimum Gasteiger partial charge on any atom is -0.265 e.